The van der Waals surface area contributed by atoms with Crippen LogP contribution in [0.4, 0.5) is 5.69 Å². The van der Waals surface area contributed by atoms with Crippen LogP contribution in [0.2, 0.25) is 0 Å². The molecule has 2 aromatic carbocycles. The van der Waals surface area contributed by atoms with Crippen LogP contribution in [0.15, 0.2) is 72.0 Å². The topological polar surface area (TPSA) is 54.9 Å². The third kappa shape index (κ3) is 4.92. The van der Waals surface area contributed by atoms with Crippen molar-refractivity contribution in [3.63, 3.8) is 0 Å². The molecule has 0 atom stereocenters. The van der Waals surface area contributed by atoms with Crippen LogP contribution in [0.1, 0.15) is 18.9 Å². The van der Waals surface area contributed by atoms with Crippen LogP contribution in [0.5, 0.6) is 0 Å². The Morgan fingerprint density at radius 3 is 2.62 bits per heavy atom. The third-order valence-electron chi connectivity index (χ3n) is 3.96. The molecule has 1 N–H and O–H groups in total. The quantitative estimate of drug-likeness (QED) is 0.483. The van der Waals surface area contributed by atoms with Crippen molar-refractivity contribution >= 4 is 23.4 Å². The normalized spacial score (nSPS) is 10.5. The van der Waals surface area contributed by atoms with Crippen molar-refractivity contribution in [1.82, 2.24) is 9.97 Å². The highest BCUT2D eigenvalue weighted by molar-refractivity contribution is 7.99. The van der Waals surface area contributed by atoms with Crippen LogP contribution >= 0.6 is 11.8 Å². The second-order valence-electron chi connectivity index (χ2n) is 5.76. The van der Waals surface area contributed by atoms with E-state index in [-0.39, 0.29) is 5.91 Å². The molecule has 0 spiro atoms. The number of benzene rings is 2. The van der Waals surface area contributed by atoms with Gasteiger partial charge in [0.05, 0.1) is 10.7 Å². The van der Waals surface area contributed by atoms with Crippen molar-refractivity contribution < 1.29 is 4.79 Å². The molecular formula is C21H21N3OS. The average molecular weight is 363 g/mol. The first kappa shape index (κ1) is 18.1. The molecule has 0 radical (unpaired) electrons. The van der Waals surface area contributed by atoms with E-state index in [9.17, 15) is 4.79 Å². The Hall–Kier alpha value is -2.66. The van der Waals surface area contributed by atoms with Crippen LogP contribution in [0.25, 0.3) is 11.3 Å². The molecule has 0 saturated carbocycles. The summed E-state index contributed by atoms with van der Waals surface area (Å²) in [6.45, 7) is 2.08. The minimum atomic E-state index is 0.0238. The molecule has 132 valence electrons. The van der Waals surface area contributed by atoms with E-state index in [1.165, 1.54) is 0 Å². The van der Waals surface area contributed by atoms with E-state index < -0.39 is 0 Å². The molecule has 1 heterocycles. The zero-order valence-corrected chi connectivity index (χ0v) is 15.5. The van der Waals surface area contributed by atoms with E-state index in [0.717, 1.165) is 34.0 Å². The first-order valence-corrected chi connectivity index (χ1v) is 9.63. The summed E-state index contributed by atoms with van der Waals surface area (Å²) in [4.78, 5) is 20.8. The summed E-state index contributed by atoms with van der Waals surface area (Å²) in [5.41, 5.74) is 4.00. The molecule has 0 bridgehead atoms. The fraction of sp³-hybridized carbons (Fsp3) is 0.190. The lowest BCUT2D eigenvalue weighted by Crippen LogP contribution is -2.13. The number of nitrogens with one attached hydrogen (secondary N) is 1. The summed E-state index contributed by atoms with van der Waals surface area (Å²) in [5.74, 6) is 0.696. The molecule has 5 heteroatoms. The zero-order valence-electron chi connectivity index (χ0n) is 14.7. The molecule has 0 fully saturated rings. The smallest absolute Gasteiger partial charge is 0.225 e. The van der Waals surface area contributed by atoms with Crippen LogP contribution in [0.3, 0.4) is 0 Å². The number of para-hydroxylation sites is 1. The van der Waals surface area contributed by atoms with E-state index in [1.807, 2.05) is 60.7 Å². The number of carbonyl (C=O) groups is 1. The molecule has 1 aromatic heterocycles. The molecule has 1 amide bonds. The summed E-state index contributed by atoms with van der Waals surface area (Å²) in [6, 6.07) is 19.9. The minimum absolute atomic E-state index is 0.0238. The second kappa shape index (κ2) is 9.15. The predicted molar refractivity (Wildman–Crippen MR) is 107 cm³/mol. The standard InChI is InChI=1S/C21H21N3OS/c1-2-16-8-6-7-11-18(16)24-20(25)12-13-26-21-14-19(22-15-23-21)17-9-4-3-5-10-17/h3-11,14-15H,2,12-13H2,1H3,(H,24,25). The summed E-state index contributed by atoms with van der Waals surface area (Å²) in [5, 5.41) is 3.88. The van der Waals surface area contributed by atoms with Crippen LogP contribution in [-0.2, 0) is 11.2 Å². The highest BCUT2D eigenvalue weighted by atomic mass is 32.2. The van der Waals surface area contributed by atoms with Gasteiger partial charge in [0.2, 0.25) is 5.91 Å². The van der Waals surface area contributed by atoms with Gasteiger partial charge < -0.3 is 5.32 Å². The maximum atomic E-state index is 12.2. The van der Waals surface area contributed by atoms with E-state index in [2.05, 4.69) is 22.2 Å². The summed E-state index contributed by atoms with van der Waals surface area (Å²) in [6.07, 6.45) is 2.91. The van der Waals surface area contributed by atoms with Crippen LogP contribution in [0, 0.1) is 0 Å². The molecule has 26 heavy (non-hydrogen) atoms. The molecule has 0 saturated heterocycles. The van der Waals surface area contributed by atoms with Crippen molar-refractivity contribution in [3.05, 3.63) is 72.6 Å². The Kier molecular flexibility index (Phi) is 6.39. The highest BCUT2D eigenvalue weighted by Gasteiger charge is 2.07. The van der Waals surface area contributed by atoms with Gasteiger partial charge in [-0.25, -0.2) is 9.97 Å². The van der Waals surface area contributed by atoms with Crippen molar-refractivity contribution in [2.45, 2.75) is 24.8 Å². The number of anilines is 1. The number of aromatic nitrogens is 2. The first-order chi connectivity index (χ1) is 12.8. The van der Waals surface area contributed by atoms with Gasteiger partial charge in [-0.1, -0.05) is 55.5 Å². The van der Waals surface area contributed by atoms with Gasteiger partial charge >= 0.3 is 0 Å². The Labute approximate surface area is 158 Å². The number of thioether (sulfide) groups is 1. The average Bonchev–Trinajstić information content (AvgIpc) is 2.69. The lowest BCUT2D eigenvalue weighted by Gasteiger charge is -2.09. The molecule has 4 nitrogen and oxygen atoms in total. The summed E-state index contributed by atoms with van der Waals surface area (Å²) in [7, 11) is 0. The lowest BCUT2D eigenvalue weighted by molar-refractivity contribution is -0.115. The fourth-order valence-corrected chi connectivity index (χ4v) is 3.41. The number of amides is 1. The number of rotatable bonds is 7. The van der Waals surface area contributed by atoms with Gasteiger partial charge in [-0.05, 0) is 24.1 Å². The third-order valence-corrected chi connectivity index (χ3v) is 4.89. The Balaban J connectivity index is 1.54. The van der Waals surface area contributed by atoms with E-state index in [0.29, 0.717) is 12.2 Å². The van der Waals surface area contributed by atoms with E-state index in [4.69, 9.17) is 0 Å². The van der Waals surface area contributed by atoms with E-state index >= 15 is 0 Å². The number of carbonyl (C=O) groups excluding carboxylic acids is 1. The van der Waals surface area contributed by atoms with Gasteiger partial charge in [-0.2, -0.15) is 0 Å². The highest BCUT2D eigenvalue weighted by Crippen LogP contribution is 2.22. The van der Waals surface area contributed by atoms with Gasteiger partial charge in [0.1, 0.15) is 6.33 Å². The molecule has 3 aromatic rings. The predicted octanol–water partition coefficient (Wildman–Crippen LogP) is 4.83. The maximum absolute atomic E-state index is 12.2. The van der Waals surface area contributed by atoms with Crippen molar-refractivity contribution in [2.75, 3.05) is 11.1 Å². The molecule has 0 unspecified atom stereocenters. The van der Waals surface area contributed by atoms with Gasteiger partial charge in [-0.15, -0.1) is 11.8 Å². The molecule has 3 rings (SSSR count). The Morgan fingerprint density at radius 1 is 1.04 bits per heavy atom. The van der Waals surface area contributed by atoms with Gasteiger partial charge in [-0.3, -0.25) is 4.79 Å². The lowest BCUT2D eigenvalue weighted by atomic mass is 10.1. The largest absolute Gasteiger partial charge is 0.326 e. The number of hydrogen-bond donors (Lipinski definition) is 1. The van der Waals surface area contributed by atoms with Crippen molar-refractivity contribution in [1.29, 1.82) is 0 Å². The minimum Gasteiger partial charge on any atom is -0.326 e. The van der Waals surface area contributed by atoms with Gasteiger partial charge in [0.15, 0.2) is 0 Å². The monoisotopic (exact) mass is 363 g/mol. The fourth-order valence-electron chi connectivity index (χ4n) is 2.60. The molecular weight excluding hydrogens is 342 g/mol. The van der Waals surface area contributed by atoms with Gasteiger partial charge in [0.25, 0.3) is 0 Å². The number of hydrogen-bond acceptors (Lipinski definition) is 4. The molecule has 0 aliphatic carbocycles. The summed E-state index contributed by atoms with van der Waals surface area (Å²) < 4.78 is 0. The number of nitrogens with zero attached hydrogens (tertiary/aromatic N) is 2. The first-order valence-electron chi connectivity index (χ1n) is 8.64. The summed E-state index contributed by atoms with van der Waals surface area (Å²) >= 11 is 1.57. The maximum Gasteiger partial charge on any atom is 0.225 e. The van der Waals surface area contributed by atoms with Crippen molar-refractivity contribution in [2.24, 2.45) is 0 Å². The van der Waals surface area contributed by atoms with E-state index in [1.54, 1.807) is 18.1 Å². The van der Waals surface area contributed by atoms with Gasteiger partial charge in [0, 0.05) is 23.4 Å². The Bertz CT molecular complexity index is 868. The second-order valence-corrected chi connectivity index (χ2v) is 6.88. The SMILES string of the molecule is CCc1ccccc1NC(=O)CCSc1cc(-c2ccccc2)ncn1. The van der Waals surface area contributed by atoms with Crippen LogP contribution in [-0.4, -0.2) is 21.6 Å². The zero-order chi connectivity index (χ0) is 18.2. The van der Waals surface area contributed by atoms with Crippen LogP contribution < -0.4 is 5.32 Å². The molecule has 0 aliphatic heterocycles. The molecule has 0 aliphatic rings. The van der Waals surface area contributed by atoms with Crippen molar-refractivity contribution in [3.8, 4) is 11.3 Å². The number of aryl methyl sites for hydroxylation is 1. The Morgan fingerprint density at radius 2 is 1.81 bits per heavy atom.